The second-order valence-electron chi connectivity index (χ2n) is 6.87. The van der Waals surface area contributed by atoms with Gasteiger partial charge in [-0.25, -0.2) is 17.2 Å². The van der Waals surface area contributed by atoms with E-state index < -0.39 is 33.6 Å². The van der Waals surface area contributed by atoms with Crippen LogP contribution in [-0.2, 0) is 21.2 Å². The van der Waals surface area contributed by atoms with Crippen molar-refractivity contribution in [2.75, 3.05) is 5.32 Å². The molecule has 0 aliphatic heterocycles. The Bertz CT molecular complexity index is 1380. The smallest absolute Gasteiger partial charge is 0.243 e. The SMILES string of the molecule is O=C(Nc1ccc(F)cc1F)C(Cc1ccccc1)NS(=O)(=O)c1cccc2nsnc12. The van der Waals surface area contributed by atoms with E-state index in [1.165, 1.54) is 12.1 Å². The third-order valence-corrected chi connectivity index (χ3v) is 6.67. The summed E-state index contributed by atoms with van der Waals surface area (Å²) < 4.78 is 64.0. The van der Waals surface area contributed by atoms with Crippen molar-refractivity contribution in [3.63, 3.8) is 0 Å². The Hall–Kier alpha value is -3.28. The Kier molecular flexibility index (Phi) is 6.21. The fraction of sp³-hybridized carbons (Fsp3) is 0.0952. The largest absolute Gasteiger partial charge is 0.322 e. The maximum atomic E-state index is 14.0. The summed E-state index contributed by atoms with van der Waals surface area (Å²) in [6.07, 6.45) is 0.00000890. The van der Waals surface area contributed by atoms with Gasteiger partial charge < -0.3 is 5.32 Å². The second-order valence-corrected chi connectivity index (χ2v) is 9.08. The van der Waals surface area contributed by atoms with E-state index in [2.05, 4.69) is 18.8 Å². The van der Waals surface area contributed by atoms with Crippen molar-refractivity contribution in [1.82, 2.24) is 13.5 Å². The van der Waals surface area contributed by atoms with Crippen molar-refractivity contribution in [2.24, 2.45) is 0 Å². The highest BCUT2D eigenvalue weighted by Gasteiger charge is 2.28. The maximum absolute atomic E-state index is 14.0. The number of nitrogens with one attached hydrogen (secondary N) is 2. The van der Waals surface area contributed by atoms with Gasteiger partial charge in [0.05, 0.1) is 17.4 Å². The molecule has 1 unspecified atom stereocenters. The number of nitrogens with zero attached hydrogens (tertiary/aromatic N) is 2. The van der Waals surface area contributed by atoms with Crippen LogP contribution in [0, 0.1) is 11.6 Å². The highest BCUT2D eigenvalue weighted by Crippen LogP contribution is 2.22. The van der Waals surface area contributed by atoms with E-state index in [1.807, 2.05) is 0 Å². The zero-order valence-corrected chi connectivity index (χ0v) is 18.0. The molecule has 1 atom stereocenters. The van der Waals surface area contributed by atoms with E-state index in [0.29, 0.717) is 17.1 Å². The third-order valence-electron chi connectivity index (χ3n) is 4.62. The van der Waals surface area contributed by atoms with Crippen LogP contribution >= 0.6 is 11.7 Å². The van der Waals surface area contributed by atoms with Gasteiger partial charge >= 0.3 is 0 Å². The van der Waals surface area contributed by atoms with Gasteiger partial charge in [0.25, 0.3) is 0 Å². The van der Waals surface area contributed by atoms with Gasteiger partial charge in [-0.15, -0.1) is 0 Å². The molecule has 0 saturated heterocycles. The first-order valence-corrected chi connectivity index (χ1v) is 11.6. The molecule has 1 aromatic heterocycles. The van der Waals surface area contributed by atoms with Gasteiger partial charge in [0.2, 0.25) is 15.9 Å². The third kappa shape index (κ3) is 4.79. The predicted molar refractivity (Wildman–Crippen MR) is 117 cm³/mol. The first kappa shape index (κ1) is 21.9. The number of sulfonamides is 1. The number of aromatic nitrogens is 2. The molecule has 0 spiro atoms. The average Bonchev–Trinajstić information content (AvgIpc) is 3.24. The number of hydrogen-bond acceptors (Lipinski definition) is 6. The van der Waals surface area contributed by atoms with E-state index in [9.17, 15) is 22.0 Å². The molecule has 0 fully saturated rings. The number of carbonyl (C=O) groups is 1. The van der Waals surface area contributed by atoms with Crippen molar-refractivity contribution in [3.8, 4) is 0 Å². The van der Waals surface area contributed by atoms with Gasteiger partial charge in [0.15, 0.2) is 0 Å². The van der Waals surface area contributed by atoms with Crippen LogP contribution < -0.4 is 10.0 Å². The summed E-state index contributed by atoms with van der Waals surface area (Å²) in [5.74, 6) is -2.57. The number of fused-ring (bicyclic) bond motifs is 1. The first-order chi connectivity index (χ1) is 15.3. The molecule has 0 aliphatic rings. The number of anilines is 1. The molecule has 3 aromatic carbocycles. The fourth-order valence-electron chi connectivity index (χ4n) is 3.10. The fourth-order valence-corrected chi connectivity index (χ4v) is 5.06. The highest BCUT2D eigenvalue weighted by atomic mass is 32.2. The summed E-state index contributed by atoms with van der Waals surface area (Å²) in [5.41, 5.74) is 1.02. The summed E-state index contributed by atoms with van der Waals surface area (Å²) in [6, 6.07) is 14.7. The summed E-state index contributed by atoms with van der Waals surface area (Å²) in [7, 11) is -4.19. The lowest BCUT2D eigenvalue weighted by atomic mass is 10.1. The molecule has 164 valence electrons. The van der Waals surface area contributed by atoms with Crippen LogP contribution in [0.2, 0.25) is 0 Å². The molecule has 11 heteroatoms. The molecule has 7 nitrogen and oxygen atoms in total. The number of hydrogen-bond donors (Lipinski definition) is 2. The predicted octanol–water partition coefficient (Wildman–Crippen LogP) is 3.50. The van der Waals surface area contributed by atoms with Crippen molar-refractivity contribution in [3.05, 3.63) is 83.9 Å². The number of amides is 1. The van der Waals surface area contributed by atoms with Gasteiger partial charge in [-0.2, -0.15) is 13.5 Å². The number of carbonyl (C=O) groups excluding carboxylic acids is 1. The minimum atomic E-state index is -4.19. The normalized spacial score (nSPS) is 12.6. The van der Waals surface area contributed by atoms with Gasteiger partial charge in [-0.3, -0.25) is 4.79 Å². The molecule has 0 bridgehead atoms. The highest BCUT2D eigenvalue weighted by molar-refractivity contribution is 7.89. The van der Waals surface area contributed by atoms with Crippen LogP contribution in [0.4, 0.5) is 14.5 Å². The van der Waals surface area contributed by atoms with Crippen LogP contribution in [0.25, 0.3) is 11.0 Å². The van der Waals surface area contributed by atoms with Gasteiger partial charge in [0.1, 0.15) is 33.6 Å². The van der Waals surface area contributed by atoms with Gasteiger partial charge in [-0.1, -0.05) is 36.4 Å². The standard InChI is InChI=1S/C21H16F2N4O3S2/c22-14-9-10-16(15(23)12-14)24-21(28)18(11-13-5-2-1-3-6-13)27-32(29,30)19-8-4-7-17-20(19)26-31-25-17/h1-10,12,18,27H,11H2,(H,24,28). The molecule has 0 radical (unpaired) electrons. The Morgan fingerprint density at radius 1 is 1.00 bits per heavy atom. The molecular weight excluding hydrogens is 458 g/mol. The van der Waals surface area contributed by atoms with E-state index in [0.717, 1.165) is 23.9 Å². The minimum Gasteiger partial charge on any atom is -0.322 e. The molecule has 32 heavy (non-hydrogen) atoms. The Balaban J connectivity index is 1.66. The molecule has 4 rings (SSSR count). The first-order valence-electron chi connectivity index (χ1n) is 9.37. The van der Waals surface area contributed by atoms with Gasteiger partial charge in [-0.05, 0) is 36.2 Å². The monoisotopic (exact) mass is 474 g/mol. The van der Waals surface area contributed by atoms with Crippen molar-refractivity contribution in [1.29, 1.82) is 0 Å². The van der Waals surface area contributed by atoms with Crippen molar-refractivity contribution < 1.29 is 22.0 Å². The van der Waals surface area contributed by atoms with E-state index >= 15 is 0 Å². The number of halogens is 2. The lowest BCUT2D eigenvalue weighted by molar-refractivity contribution is -0.117. The van der Waals surface area contributed by atoms with E-state index in [-0.39, 0.29) is 22.5 Å². The van der Waals surface area contributed by atoms with E-state index in [1.54, 1.807) is 36.4 Å². The molecule has 4 aromatic rings. The topological polar surface area (TPSA) is 101 Å². The quantitative estimate of drug-likeness (QED) is 0.427. The molecule has 0 aliphatic carbocycles. The van der Waals surface area contributed by atoms with Crippen LogP contribution in [0.5, 0.6) is 0 Å². The van der Waals surface area contributed by atoms with Crippen LogP contribution in [0.1, 0.15) is 5.56 Å². The van der Waals surface area contributed by atoms with Crippen LogP contribution in [0.15, 0.2) is 71.6 Å². The zero-order valence-electron chi connectivity index (χ0n) is 16.3. The molecule has 0 saturated carbocycles. The number of benzene rings is 3. The molecular formula is C21H16F2N4O3S2. The lowest BCUT2D eigenvalue weighted by Crippen LogP contribution is -2.45. The molecule has 2 N–H and O–H groups in total. The van der Waals surface area contributed by atoms with E-state index in [4.69, 9.17) is 0 Å². The van der Waals surface area contributed by atoms with Crippen molar-refractivity contribution in [2.45, 2.75) is 17.4 Å². The molecule has 1 heterocycles. The second kappa shape index (κ2) is 9.07. The summed E-state index contributed by atoms with van der Waals surface area (Å²) >= 11 is 0.872. The Labute approximate surface area is 186 Å². The Morgan fingerprint density at radius 3 is 2.53 bits per heavy atom. The average molecular weight is 475 g/mol. The van der Waals surface area contributed by atoms with Crippen molar-refractivity contribution >= 4 is 44.4 Å². The maximum Gasteiger partial charge on any atom is 0.243 e. The summed E-state index contributed by atoms with van der Waals surface area (Å²) in [6.45, 7) is 0. The van der Waals surface area contributed by atoms with Crippen LogP contribution in [0.3, 0.4) is 0 Å². The lowest BCUT2D eigenvalue weighted by Gasteiger charge is -2.19. The summed E-state index contributed by atoms with van der Waals surface area (Å²) in [5, 5.41) is 2.33. The Morgan fingerprint density at radius 2 is 1.78 bits per heavy atom. The summed E-state index contributed by atoms with van der Waals surface area (Å²) in [4.78, 5) is 12.8. The van der Waals surface area contributed by atoms with Gasteiger partial charge in [0, 0.05) is 6.07 Å². The molecule has 1 amide bonds. The minimum absolute atomic E-state index is 0.00000890. The van der Waals surface area contributed by atoms with Crippen LogP contribution in [-0.4, -0.2) is 29.1 Å². The number of rotatable bonds is 7. The zero-order chi connectivity index (χ0) is 22.7.